The zero-order chi connectivity index (χ0) is 10.3. The monoisotopic (exact) mass is 276 g/mol. The van der Waals surface area contributed by atoms with Crippen molar-refractivity contribution in [3.8, 4) is 5.88 Å². The van der Waals surface area contributed by atoms with Gasteiger partial charge in [0.05, 0.1) is 11.6 Å². The van der Waals surface area contributed by atoms with Gasteiger partial charge in [0.1, 0.15) is 16.9 Å². The Morgan fingerprint density at radius 3 is 3.00 bits per heavy atom. The predicted molar refractivity (Wildman–Crippen MR) is 56.7 cm³/mol. The molecule has 0 aliphatic carbocycles. The van der Waals surface area contributed by atoms with E-state index in [0.29, 0.717) is 26.7 Å². The molecule has 0 aliphatic rings. The van der Waals surface area contributed by atoms with Crippen molar-refractivity contribution in [1.82, 2.24) is 14.6 Å². The molecular formula is C7H6BrClN4O. The number of hydrogen-bond donors (Lipinski definition) is 1. The average Bonchev–Trinajstić information content (AvgIpc) is 2.41. The van der Waals surface area contributed by atoms with Crippen LogP contribution in [0.3, 0.4) is 0 Å². The minimum Gasteiger partial charge on any atom is -0.480 e. The van der Waals surface area contributed by atoms with Gasteiger partial charge < -0.3 is 10.5 Å². The molecule has 0 aliphatic heterocycles. The molecule has 0 bridgehead atoms. The number of aromatic nitrogens is 3. The molecule has 2 aromatic heterocycles. The van der Waals surface area contributed by atoms with Crippen LogP contribution >= 0.6 is 27.5 Å². The highest BCUT2D eigenvalue weighted by Gasteiger charge is 2.18. The summed E-state index contributed by atoms with van der Waals surface area (Å²) in [6.07, 6.45) is 1.34. The lowest BCUT2D eigenvalue weighted by Crippen LogP contribution is -2.00. The van der Waals surface area contributed by atoms with Gasteiger partial charge in [0.2, 0.25) is 5.88 Å². The third-order valence-electron chi connectivity index (χ3n) is 1.79. The van der Waals surface area contributed by atoms with Crippen LogP contribution in [0.5, 0.6) is 5.88 Å². The molecule has 0 radical (unpaired) electrons. The van der Waals surface area contributed by atoms with Gasteiger partial charge in [-0.3, -0.25) is 0 Å². The first-order valence-corrected chi connectivity index (χ1v) is 4.84. The fourth-order valence-corrected chi connectivity index (χ4v) is 1.98. The first-order valence-electron chi connectivity index (χ1n) is 3.67. The Morgan fingerprint density at radius 2 is 2.36 bits per heavy atom. The number of hydrogen-bond acceptors (Lipinski definition) is 4. The van der Waals surface area contributed by atoms with Crippen molar-refractivity contribution in [2.24, 2.45) is 0 Å². The molecule has 0 saturated heterocycles. The number of fused-ring (bicyclic) bond motifs is 1. The number of methoxy groups -OCH3 is 1. The normalized spacial score (nSPS) is 10.8. The van der Waals surface area contributed by atoms with Crippen LogP contribution in [-0.2, 0) is 0 Å². The van der Waals surface area contributed by atoms with Gasteiger partial charge in [-0.25, -0.2) is 4.98 Å². The molecule has 0 fully saturated rings. The molecule has 7 heteroatoms. The summed E-state index contributed by atoms with van der Waals surface area (Å²) < 4.78 is 7.22. The molecule has 5 nitrogen and oxygen atoms in total. The van der Waals surface area contributed by atoms with Crippen LogP contribution in [-0.4, -0.2) is 21.7 Å². The van der Waals surface area contributed by atoms with Crippen LogP contribution in [0.25, 0.3) is 5.52 Å². The number of nitrogens with zero attached hydrogens (tertiary/aromatic N) is 3. The summed E-state index contributed by atoms with van der Waals surface area (Å²) in [5.41, 5.74) is 6.28. The number of halogens is 2. The highest BCUT2D eigenvalue weighted by atomic mass is 79.9. The lowest BCUT2D eigenvalue weighted by atomic mass is 10.5. The fourth-order valence-electron chi connectivity index (χ4n) is 1.19. The highest BCUT2D eigenvalue weighted by Crippen LogP contribution is 2.38. The minimum atomic E-state index is 0.345. The molecule has 0 saturated carbocycles. The fraction of sp³-hybridized carbons (Fsp3) is 0.143. The molecule has 2 aromatic rings. The molecule has 0 unspecified atom stereocenters. The first kappa shape index (κ1) is 9.54. The molecule has 2 heterocycles. The molecule has 0 spiro atoms. The number of nitrogen functional groups attached to an aromatic ring is 1. The zero-order valence-electron chi connectivity index (χ0n) is 7.16. The van der Waals surface area contributed by atoms with Crippen LogP contribution in [0, 0.1) is 0 Å². The second-order valence-corrected chi connectivity index (χ2v) is 3.71. The maximum absolute atomic E-state index is 5.99. The van der Waals surface area contributed by atoms with Crippen LogP contribution in [0.15, 0.2) is 10.8 Å². The minimum absolute atomic E-state index is 0.345. The van der Waals surface area contributed by atoms with Crippen molar-refractivity contribution >= 4 is 38.9 Å². The molecule has 0 aromatic carbocycles. The lowest BCUT2D eigenvalue weighted by molar-refractivity contribution is 0.387. The topological polar surface area (TPSA) is 65.4 Å². The van der Waals surface area contributed by atoms with Gasteiger partial charge in [-0.15, -0.1) is 0 Å². The van der Waals surface area contributed by atoms with Crippen LogP contribution in [0.1, 0.15) is 0 Å². The Labute approximate surface area is 92.9 Å². The molecule has 0 atom stereocenters. The van der Waals surface area contributed by atoms with E-state index >= 15 is 0 Å². The summed E-state index contributed by atoms with van der Waals surface area (Å²) in [5, 5.41) is 4.41. The van der Waals surface area contributed by atoms with Gasteiger partial charge in [0.15, 0.2) is 5.82 Å². The average molecular weight is 278 g/mol. The van der Waals surface area contributed by atoms with E-state index < -0.39 is 0 Å². The largest absolute Gasteiger partial charge is 0.480 e. The zero-order valence-corrected chi connectivity index (χ0v) is 9.50. The summed E-state index contributed by atoms with van der Waals surface area (Å²) >= 11 is 9.29. The number of anilines is 1. The lowest BCUT2D eigenvalue weighted by Gasteiger charge is -1.99. The molecule has 74 valence electrons. The van der Waals surface area contributed by atoms with Gasteiger partial charge >= 0.3 is 0 Å². The summed E-state index contributed by atoms with van der Waals surface area (Å²) in [4.78, 5) is 3.86. The van der Waals surface area contributed by atoms with Crippen molar-refractivity contribution in [2.45, 2.75) is 0 Å². The Balaban J connectivity index is 2.95. The standard InChI is InChI=1S/C7H6BrClN4O/c1-14-7-4(9)3(8)5-6(10)11-2-12-13(5)7/h2H,1H3,(H2,10,11,12). The smallest absolute Gasteiger partial charge is 0.235 e. The Kier molecular flexibility index (Phi) is 2.24. The third-order valence-corrected chi connectivity index (χ3v) is 3.14. The first-order chi connectivity index (χ1) is 6.66. The summed E-state index contributed by atoms with van der Waals surface area (Å²) in [7, 11) is 1.51. The maximum Gasteiger partial charge on any atom is 0.235 e. The van der Waals surface area contributed by atoms with Crippen LogP contribution in [0.2, 0.25) is 5.02 Å². The van der Waals surface area contributed by atoms with Crippen molar-refractivity contribution in [1.29, 1.82) is 0 Å². The second kappa shape index (κ2) is 3.29. The van der Waals surface area contributed by atoms with Crippen molar-refractivity contribution in [3.63, 3.8) is 0 Å². The van der Waals surface area contributed by atoms with Gasteiger partial charge in [0.25, 0.3) is 0 Å². The predicted octanol–water partition coefficient (Wildman–Crippen LogP) is 1.74. The van der Waals surface area contributed by atoms with Gasteiger partial charge in [-0.1, -0.05) is 11.6 Å². The van der Waals surface area contributed by atoms with Crippen molar-refractivity contribution < 1.29 is 4.74 Å². The van der Waals surface area contributed by atoms with Gasteiger partial charge in [-0.05, 0) is 15.9 Å². The molecule has 14 heavy (non-hydrogen) atoms. The number of nitrogens with two attached hydrogens (primary N) is 1. The SMILES string of the molecule is COc1c(Cl)c(Br)c2c(N)ncnn12. The molecule has 0 amide bonds. The number of ether oxygens (including phenoxy) is 1. The number of rotatable bonds is 1. The van der Waals surface area contributed by atoms with Gasteiger partial charge in [-0.2, -0.15) is 9.61 Å². The molecule has 2 rings (SSSR count). The Morgan fingerprint density at radius 1 is 1.64 bits per heavy atom. The van der Waals surface area contributed by atoms with Crippen molar-refractivity contribution in [3.05, 3.63) is 15.8 Å². The summed E-state index contributed by atoms with van der Waals surface area (Å²) in [6.45, 7) is 0. The van der Waals surface area contributed by atoms with E-state index in [4.69, 9.17) is 22.1 Å². The third kappa shape index (κ3) is 1.14. The van der Waals surface area contributed by atoms with E-state index in [1.54, 1.807) is 0 Å². The van der Waals surface area contributed by atoms with Gasteiger partial charge in [0, 0.05) is 0 Å². The van der Waals surface area contributed by atoms with E-state index in [1.807, 2.05) is 0 Å². The summed E-state index contributed by atoms with van der Waals surface area (Å²) in [5.74, 6) is 0.778. The van der Waals surface area contributed by atoms with E-state index in [1.165, 1.54) is 18.0 Å². The van der Waals surface area contributed by atoms with E-state index in [-0.39, 0.29) is 0 Å². The van der Waals surface area contributed by atoms with E-state index in [9.17, 15) is 0 Å². The van der Waals surface area contributed by atoms with Crippen LogP contribution < -0.4 is 10.5 Å². The Bertz CT molecular complexity index is 498. The maximum atomic E-state index is 5.99. The van der Waals surface area contributed by atoms with E-state index in [2.05, 4.69) is 26.0 Å². The quantitative estimate of drug-likeness (QED) is 0.862. The van der Waals surface area contributed by atoms with Crippen molar-refractivity contribution in [2.75, 3.05) is 12.8 Å². The van der Waals surface area contributed by atoms with Crippen LogP contribution in [0.4, 0.5) is 5.82 Å². The molecule has 2 N–H and O–H groups in total. The summed E-state index contributed by atoms with van der Waals surface area (Å²) in [6, 6.07) is 0. The second-order valence-electron chi connectivity index (χ2n) is 2.54. The Hall–Kier alpha value is -1.01. The molecular weight excluding hydrogens is 271 g/mol. The highest BCUT2D eigenvalue weighted by molar-refractivity contribution is 9.10. The van der Waals surface area contributed by atoms with E-state index in [0.717, 1.165) is 0 Å².